The van der Waals surface area contributed by atoms with E-state index in [0.29, 0.717) is 56.9 Å². The molecule has 0 spiro atoms. The number of ether oxygens (including phenoxy) is 5. The van der Waals surface area contributed by atoms with Crippen molar-refractivity contribution in [2.45, 2.75) is 166 Å². The number of Topliss-reactive ketones (excluding diaryl/α,β-unsaturated/α-hetero) is 2. The van der Waals surface area contributed by atoms with Gasteiger partial charge in [0.1, 0.15) is 24.0 Å². The second-order valence-electron chi connectivity index (χ2n) is 18.0. The van der Waals surface area contributed by atoms with Gasteiger partial charge >= 0.3 is 5.97 Å². The number of hydrogen-bond donors (Lipinski definition) is 3. The third-order valence-corrected chi connectivity index (χ3v) is 13.3. The van der Waals surface area contributed by atoms with Crippen LogP contribution in [0.5, 0.6) is 0 Å². The summed E-state index contributed by atoms with van der Waals surface area (Å²) >= 11 is 0. The quantitative estimate of drug-likeness (QED) is 0.178. The van der Waals surface area contributed by atoms with Crippen LogP contribution >= 0.6 is 0 Å². The Hall–Kier alpha value is -2.78. The van der Waals surface area contributed by atoms with Crippen molar-refractivity contribution in [2.75, 3.05) is 27.9 Å². The van der Waals surface area contributed by atoms with Gasteiger partial charge in [-0.15, -0.1) is 6.58 Å². The number of cyclic esters (lactones) is 1. The number of esters is 1. The van der Waals surface area contributed by atoms with Gasteiger partial charge < -0.3 is 43.9 Å². The van der Waals surface area contributed by atoms with Crippen molar-refractivity contribution in [1.29, 1.82) is 0 Å². The zero-order valence-corrected chi connectivity index (χ0v) is 36.3. The minimum absolute atomic E-state index is 0.00790. The van der Waals surface area contributed by atoms with Crippen molar-refractivity contribution in [3.8, 4) is 0 Å². The summed E-state index contributed by atoms with van der Waals surface area (Å²) in [5.41, 5.74) is 0.611. The lowest BCUT2D eigenvalue weighted by Gasteiger charge is -2.47. The molecule has 1 aliphatic carbocycles. The highest BCUT2D eigenvalue weighted by atomic mass is 16.7. The molecule has 4 aliphatic rings. The largest absolute Gasteiger partial charge is 0.456 e. The topological polar surface area (TPSA) is 178 Å². The molecule has 3 heterocycles. The second kappa shape index (κ2) is 20.7. The van der Waals surface area contributed by atoms with Gasteiger partial charge in [-0.1, -0.05) is 44.6 Å². The summed E-state index contributed by atoms with van der Waals surface area (Å²) in [7, 11) is 4.62. The summed E-state index contributed by atoms with van der Waals surface area (Å²) < 4.78 is 29.9. The van der Waals surface area contributed by atoms with Gasteiger partial charge in [0, 0.05) is 52.0 Å². The van der Waals surface area contributed by atoms with Gasteiger partial charge in [-0.05, 0) is 102 Å². The molecule has 1 saturated carbocycles. The first kappa shape index (κ1) is 47.9. The molecule has 0 aromatic carbocycles. The number of allylic oxidation sites excluding steroid dienone is 4. The Morgan fingerprint density at radius 1 is 0.983 bits per heavy atom. The summed E-state index contributed by atoms with van der Waals surface area (Å²) in [5.74, 6) is -7.81. The Balaban J connectivity index is 1.78. The van der Waals surface area contributed by atoms with Crippen LogP contribution in [0.4, 0.5) is 0 Å². The zero-order chi connectivity index (χ0) is 43.1. The summed E-state index contributed by atoms with van der Waals surface area (Å²) in [6.07, 6.45) is 5.35. The van der Waals surface area contributed by atoms with Crippen molar-refractivity contribution in [2.24, 2.45) is 29.6 Å². The fourth-order valence-corrected chi connectivity index (χ4v) is 9.66. The van der Waals surface area contributed by atoms with Crippen molar-refractivity contribution in [3.63, 3.8) is 0 Å². The highest BCUT2D eigenvalue weighted by Gasteiger charge is 2.56. The van der Waals surface area contributed by atoms with Crippen LogP contribution in [-0.2, 0) is 42.9 Å². The Morgan fingerprint density at radius 2 is 1.66 bits per heavy atom. The standard InChI is InChI=1S/C45H71NO12/c1-11-14-32-20-26(2)19-27(3)21-36(54-8)40-37(55-9)23-29(5)45(53,58-40)41(49)42(50)46-18-13-12-15-33(46)43(51)57-39(30(6)34(47)25-35(32)48)28(4)22-31-16-17-44(7,52)38(24-31)56-10/h11,20,22,27,29-34,36-40,47,52-53H,1,12-19,21,23-25H2,2-10H3/b26-20-,28-22+/t27-,29+,30+,31-,32+,33-,34-,36-,37-,38+,39+,40+,44-,45+/m0/s1. The number of carbonyl (C=O) groups is 4. The smallest absolute Gasteiger partial charge is 0.329 e. The molecule has 2 bridgehead atoms. The summed E-state index contributed by atoms with van der Waals surface area (Å²) in [6.45, 7) is 14.9. The van der Waals surface area contributed by atoms with E-state index < -0.39 is 89.5 Å². The maximum absolute atomic E-state index is 14.3. The summed E-state index contributed by atoms with van der Waals surface area (Å²) in [4.78, 5) is 57.9. The number of fused-ring (bicyclic) bond motifs is 3. The van der Waals surface area contributed by atoms with Crippen LogP contribution in [-0.4, -0.2) is 126 Å². The van der Waals surface area contributed by atoms with Gasteiger partial charge in [0.15, 0.2) is 0 Å². The first-order chi connectivity index (χ1) is 27.3. The summed E-state index contributed by atoms with van der Waals surface area (Å²) in [6, 6.07) is -1.15. The number of amides is 1. The maximum Gasteiger partial charge on any atom is 0.329 e. The van der Waals surface area contributed by atoms with E-state index in [2.05, 4.69) is 6.58 Å². The molecule has 13 heteroatoms. The molecule has 13 nitrogen and oxygen atoms in total. The minimum Gasteiger partial charge on any atom is -0.456 e. The van der Waals surface area contributed by atoms with Gasteiger partial charge in [0.2, 0.25) is 5.79 Å². The number of ketones is 2. The molecule has 1 amide bonds. The van der Waals surface area contributed by atoms with Crippen molar-refractivity contribution in [1.82, 2.24) is 4.90 Å². The van der Waals surface area contributed by atoms with E-state index in [0.717, 1.165) is 5.57 Å². The molecule has 3 N–H and O–H groups in total. The molecule has 14 atom stereocenters. The van der Waals surface area contributed by atoms with E-state index in [1.807, 2.05) is 32.9 Å². The number of nitrogens with zero attached hydrogens (tertiary/aromatic N) is 1. The molecular formula is C45H71NO12. The molecule has 0 aromatic heterocycles. The second-order valence-corrected chi connectivity index (χ2v) is 18.0. The van der Waals surface area contributed by atoms with Crippen molar-refractivity contribution >= 4 is 23.4 Å². The Kier molecular flexibility index (Phi) is 17.1. The van der Waals surface area contributed by atoms with Crippen LogP contribution in [0.3, 0.4) is 0 Å². The molecule has 3 fully saturated rings. The molecular weight excluding hydrogens is 746 g/mol. The van der Waals surface area contributed by atoms with Gasteiger partial charge in [-0.25, -0.2) is 4.79 Å². The van der Waals surface area contributed by atoms with E-state index in [1.165, 1.54) is 19.1 Å². The molecule has 58 heavy (non-hydrogen) atoms. The van der Waals surface area contributed by atoms with Gasteiger partial charge in [-0.3, -0.25) is 14.4 Å². The van der Waals surface area contributed by atoms with E-state index in [1.54, 1.807) is 34.0 Å². The number of rotatable bonds is 7. The number of piperidine rings is 1. The number of carbonyl (C=O) groups excluding carboxylic acids is 4. The van der Waals surface area contributed by atoms with Crippen LogP contribution in [0.25, 0.3) is 0 Å². The molecule has 3 aliphatic heterocycles. The van der Waals surface area contributed by atoms with Crippen LogP contribution < -0.4 is 0 Å². The molecule has 0 radical (unpaired) electrons. The van der Waals surface area contributed by atoms with E-state index in [-0.39, 0.29) is 43.4 Å². The Bertz CT molecular complexity index is 1520. The lowest BCUT2D eigenvalue weighted by molar-refractivity contribution is -0.302. The van der Waals surface area contributed by atoms with E-state index >= 15 is 0 Å². The van der Waals surface area contributed by atoms with E-state index in [9.17, 15) is 34.5 Å². The zero-order valence-electron chi connectivity index (χ0n) is 36.3. The predicted octanol–water partition coefficient (Wildman–Crippen LogP) is 5.03. The average Bonchev–Trinajstić information content (AvgIpc) is 3.18. The number of aliphatic hydroxyl groups excluding tert-OH is 1. The third kappa shape index (κ3) is 11.1. The fraction of sp³-hybridized carbons (Fsp3) is 0.778. The van der Waals surface area contributed by atoms with Crippen LogP contribution in [0.1, 0.15) is 112 Å². The highest BCUT2D eigenvalue weighted by Crippen LogP contribution is 2.40. The molecule has 328 valence electrons. The van der Waals surface area contributed by atoms with Gasteiger partial charge in [-0.2, -0.15) is 0 Å². The summed E-state index contributed by atoms with van der Waals surface area (Å²) in [5, 5.41) is 34.7. The van der Waals surface area contributed by atoms with Gasteiger partial charge in [0.05, 0.1) is 30.0 Å². The lowest BCUT2D eigenvalue weighted by Crippen LogP contribution is -2.64. The fourth-order valence-electron chi connectivity index (χ4n) is 9.66. The molecule has 0 unspecified atom stereocenters. The van der Waals surface area contributed by atoms with E-state index in [4.69, 9.17) is 23.7 Å². The Morgan fingerprint density at radius 3 is 2.29 bits per heavy atom. The first-order valence-electron chi connectivity index (χ1n) is 21.3. The molecule has 2 saturated heterocycles. The van der Waals surface area contributed by atoms with Crippen LogP contribution in [0, 0.1) is 29.6 Å². The third-order valence-electron chi connectivity index (χ3n) is 13.3. The Labute approximate surface area is 345 Å². The monoisotopic (exact) mass is 817 g/mol. The maximum atomic E-state index is 14.3. The highest BCUT2D eigenvalue weighted by molar-refractivity contribution is 6.39. The number of hydrogen-bond acceptors (Lipinski definition) is 12. The molecule has 0 aromatic rings. The first-order valence-corrected chi connectivity index (χ1v) is 21.3. The van der Waals surface area contributed by atoms with Crippen molar-refractivity contribution in [3.05, 3.63) is 36.0 Å². The van der Waals surface area contributed by atoms with Crippen molar-refractivity contribution < 1.29 is 58.2 Å². The van der Waals surface area contributed by atoms with Crippen LogP contribution in [0.2, 0.25) is 0 Å². The number of aliphatic hydroxyl groups is 3. The number of methoxy groups -OCH3 is 3. The predicted molar refractivity (Wildman–Crippen MR) is 217 cm³/mol. The van der Waals surface area contributed by atoms with Gasteiger partial charge in [0.25, 0.3) is 11.7 Å². The SMILES string of the molecule is C=CC[C@@H]1/C=C(/C)C[C@H](C)C[C@H](OC)[C@H]2O[C@@](O)(C(=O)C(=O)N3CCCC[C@H]3C(=O)O[C@H](/C(C)=C/[C@@H]3CC[C@](C)(O)[C@H](OC)C3)[C@H](C)[C@@H](O)CC1=O)[C@H](C)C[C@@H]2OC. The molecule has 4 rings (SSSR count). The lowest BCUT2D eigenvalue weighted by atomic mass is 9.76. The van der Waals surface area contributed by atoms with Crippen LogP contribution in [0.15, 0.2) is 36.0 Å². The average molecular weight is 818 g/mol. The normalized spacial score (nSPS) is 41.8. The minimum atomic E-state index is -2.51.